The smallest absolute Gasteiger partial charge is 0.416 e. The van der Waals surface area contributed by atoms with Crippen LogP contribution >= 0.6 is 0 Å². The molecule has 0 spiro atoms. The highest BCUT2D eigenvalue weighted by atomic mass is 28.4. The predicted octanol–water partition coefficient (Wildman–Crippen LogP) is 4.41. The molecule has 0 saturated carbocycles. The topological polar surface area (TPSA) is 21.6 Å². The van der Waals surface area contributed by atoms with Gasteiger partial charge < -0.3 is 4.53 Å². The Morgan fingerprint density at radius 2 is 1.33 bits per heavy atom. The van der Waals surface area contributed by atoms with Gasteiger partial charge in [-0.15, -0.1) is 5.16 Å². The Balaban J connectivity index is 5.16. The van der Waals surface area contributed by atoms with E-state index >= 15 is 0 Å². The fraction of sp³-hybridized carbons (Fsp3) is 0.909. The number of halogens is 1. The summed E-state index contributed by atoms with van der Waals surface area (Å²) < 4.78 is 20.3. The van der Waals surface area contributed by atoms with Crippen molar-refractivity contribution in [3.05, 3.63) is 0 Å². The molecule has 0 aromatic carbocycles. The highest BCUT2D eigenvalue weighted by molar-refractivity contribution is 6.72. The first kappa shape index (κ1) is 14.6. The van der Waals surface area contributed by atoms with Crippen molar-refractivity contribution in [3.8, 4) is 0 Å². The van der Waals surface area contributed by atoms with Gasteiger partial charge in [0.05, 0.1) is 0 Å². The molecule has 0 aliphatic heterocycles. The van der Waals surface area contributed by atoms with Gasteiger partial charge in [-0.05, 0) is 13.8 Å². The highest BCUT2D eigenvalue weighted by Crippen LogP contribution is 2.52. The zero-order valence-corrected chi connectivity index (χ0v) is 12.2. The van der Waals surface area contributed by atoms with Crippen LogP contribution in [0.1, 0.15) is 55.4 Å². The molecule has 15 heavy (non-hydrogen) atoms. The molecule has 0 heterocycles. The van der Waals surface area contributed by atoms with Crippen LogP contribution in [0.2, 0.25) is 10.1 Å². The van der Waals surface area contributed by atoms with Crippen molar-refractivity contribution in [1.29, 1.82) is 0 Å². The van der Waals surface area contributed by atoms with E-state index in [9.17, 15) is 4.11 Å². The van der Waals surface area contributed by atoms with Crippen molar-refractivity contribution in [2.75, 3.05) is 0 Å². The van der Waals surface area contributed by atoms with Crippen molar-refractivity contribution >= 4 is 14.4 Å². The molecule has 4 heteroatoms. The second kappa shape index (κ2) is 4.24. The van der Waals surface area contributed by atoms with E-state index in [1.54, 1.807) is 13.8 Å². The lowest BCUT2D eigenvalue weighted by molar-refractivity contribution is 0.227. The van der Waals surface area contributed by atoms with E-state index in [4.69, 9.17) is 4.53 Å². The maximum absolute atomic E-state index is 15.0. The quantitative estimate of drug-likeness (QED) is 0.299. The predicted molar refractivity (Wildman–Crippen MR) is 66.2 cm³/mol. The van der Waals surface area contributed by atoms with E-state index in [2.05, 4.69) is 5.16 Å². The SMILES string of the molecule is CC(C)=NO[Si](F)(C(C)(C)C)C(C)(C)C. The number of hydrogen-bond acceptors (Lipinski definition) is 2. The third-order valence-electron chi connectivity index (χ3n) is 2.28. The Morgan fingerprint density at radius 3 is 1.53 bits per heavy atom. The van der Waals surface area contributed by atoms with Crippen LogP contribution in [-0.4, -0.2) is 14.4 Å². The highest BCUT2D eigenvalue weighted by Gasteiger charge is 2.60. The van der Waals surface area contributed by atoms with Crippen LogP contribution in [0.3, 0.4) is 0 Å². The fourth-order valence-corrected chi connectivity index (χ4v) is 4.66. The first-order chi connectivity index (χ1) is 6.42. The molecule has 0 atom stereocenters. The molecule has 0 N–H and O–H groups in total. The maximum atomic E-state index is 15.0. The van der Waals surface area contributed by atoms with Crippen molar-refractivity contribution in [3.63, 3.8) is 0 Å². The summed E-state index contributed by atoms with van der Waals surface area (Å²) in [5, 5.41) is 2.87. The summed E-state index contributed by atoms with van der Waals surface area (Å²) in [5.41, 5.74) is 0.748. The molecule has 2 nitrogen and oxygen atoms in total. The summed E-state index contributed by atoms with van der Waals surface area (Å²) in [6, 6.07) is 0. The van der Waals surface area contributed by atoms with Crippen molar-refractivity contribution in [2.45, 2.75) is 65.5 Å². The van der Waals surface area contributed by atoms with E-state index in [1.807, 2.05) is 41.5 Å². The third-order valence-corrected chi connectivity index (χ3v) is 6.48. The molecule has 90 valence electrons. The molecule has 0 radical (unpaired) electrons. The molecule has 0 aliphatic rings. The fourth-order valence-electron chi connectivity index (χ4n) is 1.55. The molecule has 0 aliphatic carbocycles. The van der Waals surface area contributed by atoms with E-state index in [1.165, 1.54) is 0 Å². The van der Waals surface area contributed by atoms with Gasteiger partial charge in [0.1, 0.15) is 0 Å². The van der Waals surface area contributed by atoms with Gasteiger partial charge in [-0.1, -0.05) is 41.5 Å². The molecule has 0 bridgehead atoms. The molecule has 0 amide bonds. The Hall–Kier alpha value is -0.383. The standard InChI is InChI=1S/C11H24FNOSi/c1-9(2)13-14-15(12,10(3,4)5)11(6,7)8/h1-8H3. The van der Waals surface area contributed by atoms with Crippen LogP contribution in [0.25, 0.3) is 0 Å². The second-order valence-corrected chi connectivity index (χ2v) is 10.6. The summed E-state index contributed by atoms with van der Waals surface area (Å²) in [5.74, 6) is 0. The van der Waals surface area contributed by atoms with Crippen LogP contribution in [0.4, 0.5) is 4.11 Å². The number of hydrogen-bond donors (Lipinski definition) is 0. The third kappa shape index (κ3) is 3.29. The van der Waals surface area contributed by atoms with Gasteiger partial charge in [-0.2, -0.15) is 0 Å². The summed E-state index contributed by atoms with van der Waals surface area (Å²) in [6.07, 6.45) is 0. The lowest BCUT2D eigenvalue weighted by Crippen LogP contribution is -2.49. The van der Waals surface area contributed by atoms with Crippen LogP contribution in [0, 0.1) is 0 Å². The van der Waals surface area contributed by atoms with Crippen LogP contribution < -0.4 is 0 Å². The summed E-state index contributed by atoms with van der Waals surface area (Å²) in [7, 11) is -3.40. The molecule has 0 aromatic rings. The molecule has 0 fully saturated rings. The Morgan fingerprint density at radius 1 is 1.00 bits per heavy atom. The van der Waals surface area contributed by atoms with Gasteiger partial charge in [0.2, 0.25) is 0 Å². The zero-order valence-electron chi connectivity index (χ0n) is 11.2. The molecule has 0 aromatic heterocycles. The van der Waals surface area contributed by atoms with Gasteiger partial charge in [0.25, 0.3) is 0 Å². The lowest BCUT2D eigenvalue weighted by Gasteiger charge is -2.40. The van der Waals surface area contributed by atoms with Gasteiger partial charge in [-0.3, -0.25) is 4.11 Å². The minimum absolute atomic E-state index is 0.482. The summed E-state index contributed by atoms with van der Waals surface area (Å²) in [4.78, 5) is 0. The first-order valence-corrected chi connectivity index (χ1v) is 7.09. The first-order valence-electron chi connectivity index (χ1n) is 5.30. The van der Waals surface area contributed by atoms with E-state index in [0.717, 1.165) is 5.71 Å². The average Bonchev–Trinajstić information content (AvgIpc) is 1.95. The Labute approximate surface area is 94.2 Å². The van der Waals surface area contributed by atoms with Gasteiger partial charge >= 0.3 is 8.65 Å². The monoisotopic (exact) mass is 233 g/mol. The maximum Gasteiger partial charge on any atom is 0.476 e. The molecular formula is C11H24FNOSi. The van der Waals surface area contributed by atoms with Crippen LogP contribution in [-0.2, 0) is 4.53 Å². The molecule has 0 rings (SSSR count). The number of oxime groups is 1. The largest absolute Gasteiger partial charge is 0.476 e. The van der Waals surface area contributed by atoms with Gasteiger partial charge in [0, 0.05) is 15.8 Å². The molecule has 0 unspecified atom stereocenters. The van der Waals surface area contributed by atoms with E-state index in [0.29, 0.717) is 0 Å². The minimum atomic E-state index is -3.40. The Kier molecular flexibility index (Phi) is 4.13. The van der Waals surface area contributed by atoms with Crippen molar-refractivity contribution in [1.82, 2.24) is 0 Å². The van der Waals surface area contributed by atoms with Crippen molar-refractivity contribution in [2.24, 2.45) is 5.16 Å². The van der Waals surface area contributed by atoms with E-state index in [-0.39, 0.29) is 0 Å². The lowest BCUT2D eigenvalue weighted by atomic mass is 10.2. The summed E-state index contributed by atoms with van der Waals surface area (Å²) >= 11 is 0. The van der Waals surface area contributed by atoms with Gasteiger partial charge in [-0.25, -0.2) is 0 Å². The number of rotatable bonds is 2. The number of nitrogens with zero attached hydrogens (tertiary/aromatic N) is 1. The minimum Gasteiger partial charge on any atom is -0.416 e. The van der Waals surface area contributed by atoms with E-state index < -0.39 is 18.7 Å². The van der Waals surface area contributed by atoms with Crippen LogP contribution in [0.15, 0.2) is 5.16 Å². The molecular weight excluding hydrogens is 209 g/mol. The second-order valence-electron chi connectivity index (χ2n) is 6.23. The van der Waals surface area contributed by atoms with Gasteiger partial charge in [0.15, 0.2) is 0 Å². The average molecular weight is 233 g/mol. The summed E-state index contributed by atoms with van der Waals surface area (Å²) in [6.45, 7) is 14.9. The molecule has 0 saturated heterocycles. The normalized spacial score (nSPS) is 13.7. The zero-order chi connectivity index (χ0) is 12.5. The van der Waals surface area contributed by atoms with Crippen molar-refractivity contribution < 1.29 is 8.63 Å². The van der Waals surface area contributed by atoms with Crippen LogP contribution in [0.5, 0.6) is 0 Å². The Bertz CT molecular complexity index is 232.